The van der Waals surface area contributed by atoms with E-state index in [0.29, 0.717) is 17.6 Å². The number of furan rings is 1. The van der Waals surface area contributed by atoms with E-state index in [4.69, 9.17) is 19.4 Å². The molecule has 0 amide bonds. The highest BCUT2D eigenvalue weighted by molar-refractivity contribution is 6.09. The molecule has 0 aliphatic heterocycles. The van der Waals surface area contributed by atoms with Crippen molar-refractivity contribution in [2.24, 2.45) is 0 Å². The van der Waals surface area contributed by atoms with Gasteiger partial charge in [0, 0.05) is 32.7 Å². The highest BCUT2D eigenvalue weighted by Gasteiger charge is 2.18. The van der Waals surface area contributed by atoms with Crippen molar-refractivity contribution in [1.29, 1.82) is 0 Å². The number of hydrogen-bond acceptors (Lipinski definition) is 4. The fraction of sp³-hybridized carbons (Fsp3) is 0.0294. The molecule has 0 aliphatic rings. The Kier molecular flexibility index (Phi) is 4.67. The van der Waals surface area contributed by atoms with Crippen LogP contribution in [-0.2, 0) is 0 Å². The summed E-state index contributed by atoms with van der Waals surface area (Å²) in [5.74, 6) is 1.83. The van der Waals surface area contributed by atoms with Gasteiger partial charge in [0.2, 0.25) is 5.95 Å². The summed E-state index contributed by atoms with van der Waals surface area (Å²) in [5, 5.41) is 4.47. The van der Waals surface area contributed by atoms with Crippen LogP contribution < -0.4 is 0 Å². The average molecular weight is 503 g/mol. The molecule has 0 fully saturated rings. The second-order valence-corrected chi connectivity index (χ2v) is 9.78. The van der Waals surface area contributed by atoms with Crippen molar-refractivity contribution in [2.45, 2.75) is 6.92 Å². The molecule has 0 atom stereocenters. The van der Waals surface area contributed by atoms with Crippen LogP contribution in [0, 0.1) is 6.92 Å². The SMILES string of the molecule is Cc1cccc2c1oc1ccc(-c3nc(-c4ccccc4)nc(-n4c5ccccc5c5ccccc54)n3)cc12. The lowest BCUT2D eigenvalue weighted by Crippen LogP contribution is -2.06. The van der Waals surface area contributed by atoms with Crippen molar-refractivity contribution >= 4 is 43.7 Å². The Hall–Kier alpha value is -5.29. The van der Waals surface area contributed by atoms with E-state index in [1.807, 2.05) is 42.5 Å². The summed E-state index contributed by atoms with van der Waals surface area (Å²) in [6.45, 7) is 2.07. The lowest BCUT2D eigenvalue weighted by Gasteiger charge is -2.11. The van der Waals surface area contributed by atoms with E-state index in [2.05, 4.69) is 84.3 Å². The molecule has 5 aromatic carbocycles. The highest BCUT2D eigenvalue weighted by atomic mass is 16.3. The minimum absolute atomic E-state index is 0.587. The number of para-hydroxylation sites is 3. The van der Waals surface area contributed by atoms with Crippen LogP contribution in [0.3, 0.4) is 0 Å². The largest absolute Gasteiger partial charge is 0.456 e. The van der Waals surface area contributed by atoms with Gasteiger partial charge in [0.05, 0.1) is 11.0 Å². The molecule has 0 saturated carbocycles. The summed E-state index contributed by atoms with van der Waals surface area (Å²) >= 11 is 0. The van der Waals surface area contributed by atoms with Gasteiger partial charge >= 0.3 is 0 Å². The third-order valence-electron chi connectivity index (χ3n) is 7.39. The van der Waals surface area contributed by atoms with Crippen LogP contribution >= 0.6 is 0 Å². The molecule has 5 nitrogen and oxygen atoms in total. The minimum Gasteiger partial charge on any atom is -0.456 e. The average Bonchev–Trinajstić information content (AvgIpc) is 3.54. The summed E-state index contributed by atoms with van der Waals surface area (Å²) in [7, 11) is 0. The number of aromatic nitrogens is 4. The standard InChI is InChI=1S/C34H22N4O/c1-21-10-9-15-26-27-20-23(18-19-30(27)39-31(21)26)33-35-32(22-11-3-2-4-12-22)36-34(37-33)38-28-16-7-5-13-24(28)25-14-6-8-17-29(25)38/h2-20H,1H3. The first-order chi connectivity index (χ1) is 19.2. The smallest absolute Gasteiger partial charge is 0.238 e. The van der Waals surface area contributed by atoms with Crippen molar-refractivity contribution in [3.8, 4) is 28.7 Å². The van der Waals surface area contributed by atoms with E-state index in [1.54, 1.807) is 0 Å². The Morgan fingerprint density at radius 2 is 1.18 bits per heavy atom. The van der Waals surface area contributed by atoms with Gasteiger partial charge in [0.25, 0.3) is 0 Å². The maximum atomic E-state index is 6.19. The predicted molar refractivity (Wildman–Crippen MR) is 157 cm³/mol. The predicted octanol–water partition coefficient (Wildman–Crippen LogP) is 8.51. The normalized spacial score (nSPS) is 11.7. The van der Waals surface area contributed by atoms with Crippen molar-refractivity contribution in [2.75, 3.05) is 0 Å². The molecule has 8 rings (SSSR count). The molecular formula is C34H22N4O. The summed E-state index contributed by atoms with van der Waals surface area (Å²) in [5.41, 5.74) is 6.84. The summed E-state index contributed by atoms with van der Waals surface area (Å²) < 4.78 is 8.33. The maximum Gasteiger partial charge on any atom is 0.238 e. The van der Waals surface area contributed by atoms with Gasteiger partial charge < -0.3 is 4.42 Å². The Labute approximate surface area is 224 Å². The number of nitrogens with zero attached hydrogens (tertiary/aromatic N) is 4. The molecule has 0 bridgehead atoms. The first-order valence-electron chi connectivity index (χ1n) is 13.0. The molecule has 0 aliphatic carbocycles. The van der Waals surface area contributed by atoms with Crippen LogP contribution in [0.5, 0.6) is 0 Å². The number of benzene rings is 5. The van der Waals surface area contributed by atoms with Crippen LogP contribution in [0.25, 0.3) is 72.5 Å². The summed E-state index contributed by atoms with van der Waals surface area (Å²) in [6, 6.07) is 39.2. The molecule has 0 unspecified atom stereocenters. The first kappa shape index (κ1) is 21.8. The van der Waals surface area contributed by atoms with Crippen LogP contribution in [0.15, 0.2) is 120 Å². The first-order valence-corrected chi connectivity index (χ1v) is 13.0. The number of fused-ring (bicyclic) bond motifs is 6. The number of hydrogen-bond donors (Lipinski definition) is 0. The fourth-order valence-electron chi connectivity index (χ4n) is 5.53. The Morgan fingerprint density at radius 1 is 0.538 bits per heavy atom. The molecule has 0 N–H and O–H groups in total. The van der Waals surface area contributed by atoms with E-state index in [9.17, 15) is 0 Å². The lowest BCUT2D eigenvalue weighted by molar-refractivity contribution is 0.666. The molecule has 5 heteroatoms. The van der Waals surface area contributed by atoms with Gasteiger partial charge in [0.15, 0.2) is 11.6 Å². The fourth-order valence-corrected chi connectivity index (χ4v) is 5.53. The van der Waals surface area contributed by atoms with Gasteiger partial charge in [-0.2, -0.15) is 9.97 Å². The zero-order chi connectivity index (χ0) is 25.9. The van der Waals surface area contributed by atoms with Gasteiger partial charge in [-0.3, -0.25) is 4.57 Å². The maximum absolute atomic E-state index is 6.19. The molecule has 184 valence electrons. The third kappa shape index (κ3) is 3.37. The van der Waals surface area contributed by atoms with Gasteiger partial charge in [-0.05, 0) is 42.8 Å². The van der Waals surface area contributed by atoms with Gasteiger partial charge in [0.1, 0.15) is 11.2 Å². The van der Waals surface area contributed by atoms with Gasteiger partial charge in [-0.25, -0.2) is 4.98 Å². The minimum atomic E-state index is 0.587. The Bertz CT molecular complexity index is 2140. The van der Waals surface area contributed by atoms with Crippen molar-refractivity contribution in [3.05, 3.63) is 121 Å². The van der Waals surface area contributed by atoms with E-state index in [-0.39, 0.29) is 0 Å². The van der Waals surface area contributed by atoms with Gasteiger partial charge in [-0.15, -0.1) is 0 Å². The molecule has 3 heterocycles. The zero-order valence-electron chi connectivity index (χ0n) is 21.2. The van der Waals surface area contributed by atoms with Crippen LogP contribution in [0.2, 0.25) is 0 Å². The molecule has 0 radical (unpaired) electrons. The molecule has 3 aromatic heterocycles. The van der Waals surface area contributed by atoms with Gasteiger partial charge in [-0.1, -0.05) is 84.9 Å². The third-order valence-corrected chi connectivity index (χ3v) is 7.39. The summed E-state index contributed by atoms with van der Waals surface area (Å²) in [6.07, 6.45) is 0. The van der Waals surface area contributed by atoms with Crippen molar-refractivity contribution in [1.82, 2.24) is 19.5 Å². The molecule has 0 spiro atoms. The van der Waals surface area contributed by atoms with E-state index < -0.39 is 0 Å². The van der Waals surface area contributed by atoms with Crippen molar-refractivity contribution in [3.63, 3.8) is 0 Å². The van der Waals surface area contributed by atoms with Crippen LogP contribution in [0.4, 0.5) is 0 Å². The zero-order valence-corrected chi connectivity index (χ0v) is 21.2. The molecule has 39 heavy (non-hydrogen) atoms. The summed E-state index contributed by atoms with van der Waals surface area (Å²) in [4.78, 5) is 15.0. The Morgan fingerprint density at radius 3 is 1.92 bits per heavy atom. The van der Waals surface area contributed by atoms with E-state index in [1.165, 1.54) is 0 Å². The van der Waals surface area contributed by atoms with E-state index in [0.717, 1.165) is 60.4 Å². The van der Waals surface area contributed by atoms with E-state index >= 15 is 0 Å². The highest BCUT2D eigenvalue weighted by Crippen LogP contribution is 2.35. The lowest BCUT2D eigenvalue weighted by atomic mass is 10.1. The topological polar surface area (TPSA) is 56.7 Å². The number of aryl methyl sites for hydroxylation is 1. The second-order valence-electron chi connectivity index (χ2n) is 9.78. The second kappa shape index (κ2) is 8.36. The van der Waals surface area contributed by atoms with Crippen LogP contribution in [0.1, 0.15) is 5.56 Å². The molecule has 0 saturated heterocycles. The van der Waals surface area contributed by atoms with Crippen LogP contribution in [-0.4, -0.2) is 19.5 Å². The monoisotopic (exact) mass is 502 g/mol. The molecule has 8 aromatic rings. The van der Waals surface area contributed by atoms with Crippen molar-refractivity contribution < 1.29 is 4.42 Å². The quantitative estimate of drug-likeness (QED) is 0.243. The Balaban J connectivity index is 1.42. The number of rotatable bonds is 3. The molecular weight excluding hydrogens is 480 g/mol.